The molecule has 0 unspecified atom stereocenters. The van der Waals surface area contributed by atoms with Crippen LogP contribution in [-0.4, -0.2) is 26.7 Å². The van der Waals surface area contributed by atoms with E-state index in [1.807, 2.05) is 41.8 Å². The number of ether oxygens (including phenoxy) is 1. The highest BCUT2D eigenvalue weighted by atomic mass is 16.5. The lowest BCUT2D eigenvalue weighted by Crippen LogP contribution is -1.99. The number of nitrogens with zero attached hydrogens (tertiary/aromatic N) is 4. The Kier molecular flexibility index (Phi) is 4.24. The van der Waals surface area contributed by atoms with Gasteiger partial charge in [0, 0.05) is 23.5 Å². The molecule has 3 aromatic heterocycles. The van der Waals surface area contributed by atoms with Gasteiger partial charge in [-0.25, -0.2) is 9.50 Å². The minimum Gasteiger partial charge on any atom is -0.496 e. The molecule has 0 fully saturated rings. The van der Waals surface area contributed by atoms with Crippen molar-refractivity contribution < 1.29 is 4.74 Å². The number of aryl methyl sites for hydroxylation is 2. The number of nitrogens with two attached hydrogens (primary N) is 1. The molecule has 6 heteroatoms. The van der Waals surface area contributed by atoms with E-state index in [2.05, 4.69) is 23.0 Å². The third-order valence-electron chi connectivity index (χ3n) is 4.64. The van der Waals surface area contributed by atoms with Gasteiger partial charge in [-0.2, -0.15) is 5.10 Å². The molecule has 2 N–H and O–H groups in total. The van der Waals surface area contributed by atoms with Crippen LogP contribution in [0.3, 0.4) is 0 Å². The fourth-order valence-electron chi connectivity index (χ4n) is 3.33. The van der Waals surface area contributed by atoms with Crippen LogP contribution in [0.2, 0.25) is 0 Å². The van der Waals surface area contributed by atoms with Crippen molar-refractivity contribution in [3.8, 4) is 28.3 Å². The second kappa shape index (κ2) is 6.72. The van der Waals surface area contributed by atoms with Crippen LogP contribution in [0.5, 0.6) is 5.75 Å². The molecule has 0 spiro atoms. The highest BCUT2D eigenvalue weighted by molar-refractivity contribution is 5.70. The number of rotatable bonds is 4. The first-order valence-electron chi connectivity index (χ1n) is 8.85. The van der Waals surface area contributed by atoms with E-state index in [1.165, 1.54) is 0 Å². The molecule has 4 rings (SSSR count). The molecule has 3 heterocycles. The van der Waals surface area contributed by atoms with E-state index in [-0.39, 0.29) is 0 Å². The SMILES string of the molecule is CCc1cc(-c2ccc3nc(C)c(-c4cncc(N)c4)n3n2)ccc1OC. The Morgan fingerprint density at radius 1 is 1.07 bits per heavy atom. The first-order valence-corrected chi connectivity index (χ1v) is 8.85. The number of hydrogen-bond donors (Lipinski definition) is 1. The van der Waals surface area contributed by atoms with Crippen LogP contribution in [0.4, 0.5) is 5.69 Å². The smallest absolute Gasteiger partial charge is 0.154 e. The first-order chi connectivity index (χ1) is 13.1. The van der Waals surface area contributed by atoms with Crippen molar-refractivity contribution in [2.24, 2.45) is 0 Å². The van der Waals surface area contributed by atoms with Crippen molar-refractivity contribution in [2.45, 2.75) is 20.3 Å². The minimum atomic E-state index is 0.612. The molecule has 27 heavy (non-hydrogen) atoms. The quantitative estimate of drug-likeness (QED) is 0.597. The molecule has 0 atom stereocenters. The van der Waals surface area contributed by atoms with Crippen molar-refractivity contribution in [3.63, 3.8) is 0 Å². The number of nitrogen functional groups attached to an aromatic ring is 1. The average Bonchev–Trinajstić information content (AvgIpc) is 3.02. The third kappa shape index (κ3) is 2.99. The van der Waals surface area contributed by atoms with Gasteiger partial charge in [-0.05, 0) is 55.3 Å². The molecular formula is C21H21N5O. The van der Waals surface area contributed by atoms with E-state index in [4.69, 9.17) is 15.6 Å². The molecule has 4 aromatic rings. The van der Waals surface area contributed by atoms with Gasteiger partial charge in [0.1, 0.15) is 5.75 Å². The summed E-state index contributed by atoms with van der Waals surface area (Å²) in [5, 5.41) is 4.85. The molecule has 6 nitrogen and oxygen atoms in total. The molecule has 0 saturated heterocycles. The van der Waals surface area contributed by atoms with Gasteiger partial charge in [0.25, 0.3) is 0 Å². The predicted molar refractivity (Wildman–Crippen MR) is 107 cm³/mol. The maximum Gasteiger partial charge on any atom is 0.154 e. The Bertz CT molecular complexity index is 1130. The number of benzene rings is 1. The van der Waals surface area contributed by atoms with Crippen LogP contribution in [0.25, 0.3) is 28.2 Å². The van der Waals surface area contributed by atoms with Gasteiger partial charge in [0.05, 0.1) is 29.9 Å². The summed E-state index contributed by atoms with van der Waals surface area (Å²) in [7, 11) is 1.69. The number of pyridine rings is 1. The lowest BCUT2D eigenvalue weighted by Gasteiger charge is -2.10. The molecule has 0 aliphatic carbocycles. The van der Waals surface area contributed by atoms with Crippen molar-refractivity contribution in [1.29, 1.82) is 0 Å². The number of methoxy groups -OCH3 is 1. The van der Waals surface area contributed by atoms with Crippen LogP contribution in [0.1, 0.15) is 18.2 Å². The Morgan fingerprint density at radius 2 is 1.93 bits per heavy atom. The Hall–Kier alpha value is -3.41. The largest absolute Gasteiger partial charge is 0.496 e. The van der Waals surface area contributed by atoms with E-state index >= 15 is 0 Å². The summed E-state index contributed by atoms with van der Waals surface area (Å²) >= 11 is 0. The summed E-state index contributed by atoms with van der Waals surface area (Å²) in [4.78, 5) is 8.83. The molecule has 0 radical (unpaired) electrons. The minimum absolute atomic E-state index is 0.612. The fraction of sp³-hybridized carbons (Fsp3) is 0.190. The molecule has 0 aliphatic heterocycles. The third-order valence-corrected chi connectivity index (χ3v) is 4.64. The van der Waals surface area contributed by atoms with Gasteiger partial charge in [-0.1, -0.05) is 6.92 Å². The summed E-state index contributed by atoms with van der Waals surface area (Å²) in [6.45, 7) is 4.08. The summed E-state index contributed by atoms with van der Waals surface area (Å²) < 4.78 is 7.29. The Morgan fingerprint density at radius 3 is 2.67 bits per heavy atom. The fourth-order valence-corrected chi connectivity index (χ4v) is 3.33. The Balaban J connectivity index is 1.89. The van der Waals surface area contributed by atoms with E-state index in [1.54, 1.807) is 19.5 Å². The summed E-state index contributed by atoms with van der Waals surface area (Å²) in [5.41, 5.74) is 13.1. The van der Waals surface area contributed by atoms with Gasteiger partial charge < -0.3 is 10.5 Å². The van der Waals surface area contributed by atoms with Crippen LogP contribution < -0.4 is 10.5 Å². The zero-order valence-corrected chi connectivity index (χ0v) is 15.6. The zero-order valence-electron chi connectivity index (χ0n) is 15.6. The number of imidazole rings is 1. The maximum absolute atomic E-state index is 5.91. The molecular weight excluding hydrogens is 338 g/mol. The van der Waals surface area contributed by atoms with Gasteiger partial charge in [0.2, 0.25) is 0 Å². The lowest BCUT2D eigenvalue weighted by atomic mass is 10.1. The predicted octanol–water partition coefficient (Wildman–Crippen LogP) is 3.92. The number of hydrogen-bond acceptors (Lipinski definition) is 5. The molecule has 0 aliphatic rings. The zero-order chi connectivity index (χ0) is 19.0. The lowest BCUT2D eigenvalue weighted by molar-refractivity contribution is 0.410. The van der Waals surface area contributed by atoms with E-state index in [0.717, 1.165) is 51.6 Å². The molecule has 136 valence electrons. The number of fused-ring (bicyclic) bond motifs is 1. The van der Waals surface area contributed by atoms with Crippen LogP contribution in [0.15, 0.2) is 48.8 Å². The van der Waals surface area contributed by atoms with Crippen LogP contribution in [-0.2, 0) is 6.42 Å². The molecule has 1 aromatic carbocycles. The summed E-state index contributed by atoms with van der Waals surface area (Å²) in [6, 6.07) is 12.0. The van der Waals surface area contributed by atoms with E-state index in [9.17, 15) is 0 Å². The first kappa shape index (κ1) is 17.0. The maximum atomic E-state index is 5.91. The average molecular weight is 359 g/mol. The van der Waals surface area contributed by atoms with Gasteiger partial charge in [-0.3, -0.25) is 4.98 Å². The molecule has 0 bridgehead atoms. The van der Waals surface area contributed by atoms with Gasteiger partial charge in [-0.15, -0.1) is 0 Å². The standard InChI is InChI=1S/C21H21N5O/c1-4-14-9-15(5-7-19(14)27-3)18-6-8-20-24-13(2)21(26(20)25-18)16-10-17(22)12-23-11-16/h5-12H,4,22H2,1-3H3. The van der Waals surface area contributed by atoms with E-state index in [0.29, 0.717) is 5.69 Å². The highest BCUT2D eigenvalue weighted by Gasteiger charge is 2.14. The van der Waals surface area contributed by atoms with Crippen LogP contribution in [0, 0.1) is 6.92 Å². The number of aromatic nitrogens is 4. The van der Waals surface area contributed by atoms with Crippen LogP contribution >= 0.6 is 0 Å². The number of anilines is 1. The Labute approximate surface area is 157 Å². The van der Waals surface area contributed by atoms with Crippen molar-refractivity contribution in [2.75, 3.05) is 12.8 Å². The van der Waals surface area contributed by atoms with Gasteiger partial charge >= 0.3 is 0 Å². The summed E-state index contributed by atoms with van der Waals surface area (Å²) in [6.07, 6.45) is 4.30. The van der Waals surface area contributed by atoms with Crippen molar-refractivity contribution in [1.82, 2.24) is 19.6 Å². The second-order valence-electron chi connectivity index (χ2n) is 6.42. The molecule has 0 saturated carbocycles. The van der Waals surface area contributed by atoms with Gasteiger partial charge in [0.15, 0.2) is 5.65 Å². The van der Waals surface area contributed by atoms with Crippen molar-refractivity contribution in [3.05, 3.63) is 60.0 Å². The van der Waals surface area contributed by atoms with E-state index < -0.39 is 0 Å². The summed E-state index contributed by atoms with van der Waals surface area (Å²) in [5.74, 6) is 0.896. The monoisotopic (exact) mass is 359 g/mol. The molecule has 0 amide bonds. The normalized spacial score (nSPS) is 11.1. The highest BCUT2D eigenvalue weighted by Crippen LogP contribution is 2.29. The topological polar surface area (TPSA) is 78.3 Å². The second-order valence-corrected chi connectivity index (χ2v) is 6.42. The van der Waals surface area contributed by atoms with Crippen molar-refractivity contribution >= 4 is 11.3 Å².